The first-order chi connectivity index (χ1) is 8.34. The van der Waals surface area contributed by atoms with E-state index in [9.17, 15) is 4.79 Å². The smallest absolute Gasteiger partial charge is 0.212 e. The van der Waals surface area contributed by atoms with Gasteiger partial charge in [-0.3, -0.25) is 4.79 Å². The van der Waals surface area contributed by atoms with Crippen molar-refractivity contribution in [3.8, 4) is 5.75 Å². The molecule has 3 rings (SSSR count). The van der Waals surface area contributed by atoms with Crippen molar-refractivity contribution in [3.05, 3.63) is 45.9 Å². The minimum absolute atomic E-state index is 0.0142. The van der Waals surface area contributed by atoms with Gasteiger partial charge in [-0.1, -0.05) is 0 Å². The summed E-state index contributed by atoms with van der Waals surface area (Å²) in [5, 5.41) is 1.78. The van der Waals surface area contributed by atoms with E-state index >= 15 is 0 Å². The van der Waals surface area contributed by atoms with E-state index in [-0.39, 0.29) is 5.78 Å². The number of carbonyl (C=O) groups excluding carboxylic acids is 1. The van der Waals surface area contributed by atoms with E-state index in [4.69, 9.17) is 4.74 Å². The van der Waals surface area contributed by atoms with Gasteiger partial charge in [-0.15, -0.1) is 11.3 Å². The van der Waals surface area contributed by atoms with Gasteiger partial charge in [-0.05, 0) is 36.6 Å². The van der Waals surface area contributed by atoms with Crippen LogP contribution in [0.2, 0.25) is 0 Å². The maximum absolute atomic E-state index is 12.1. The molecule has 0 atom stereocenters. The van der Waals surface area contributed by atoms with Crippen LogP contribution in [0.3, 0.4) is 0 Å². The van der Waals surface area contributed by atoms with Crippen LogP contribution >= 0.6 is 11.3 Å². The molecule has 0 aliphatic carbocycles. The van der Waals surface area contributed by atoms with Gasteiger partial charge in [-0.2, -0.15) is 0 Å². The molecule has 0 saturated heterocycles. The van der Waals surface area contributed by atoms with Gasteiger partial charge in [0.15, 0.2) is 0 Å². The molecule has 2 aromatic rings. The van der Waals surface area contributed by atoms with Crippen LogP contribution in [0.5, 0.6) is 5.75 Å². The lowest BCUT2D eigenvalue weighted by molar-refractivity contribution is 0.103. The van der Waals surface area contributed by atoms with E-state index < -0.39 is 0 Å². The molecule has 4 heteroatoms. The number of hydrogen-bond acceptors (Lipinski definition) is 4. The van der Waals surface area contributed by atoms with Gasteiger partial charge in [0.2, 0.25) is 5.78 Å². The summed E-state index contributed by atoms with van der Waals surface area (Å²) in [6, 6.07) is 5.62. The molecular formula is C13H11NO2S. The van der Waals surface area contributed by atoms with E-state index in [0.717, 1.165) is 30.8 Å². The molecule has 1 aliphatic rings. The van der Waals surface area contributed by atoms with Crippen LogP contribution in [0.4, 0.5) is 0 Å². The Labute approximate surface area is 103 Å². The molecule has 1 aromatic carbocycles. The third kappa shape index (κ3) is 1.96. The molecule has 17 heavy (non-hydrogen) atoms. The lowest BCUT2D eigenvalue weighted by atomic mass is 10.0. The van der Waals surface area contributed by atoms with Crippen LogP contribution in [0, 0.1) is 0 Å². The van der Waals surface area contributed by atoms with Gasteiger partial charge in [0.1, 0.15) is 11.4 Å². The molecule has 0 spiro atoms. The molecule has 0 N–H and O–H groups in total. The van der Waals surface area contributed by atoms with Crippen molar-refractivity contribution in [3.63, 3.8) is 0 Å². The zero-order valence-electron chi connectivity index (χ0n) is 9.18. The van der Waals surface area contributed by atoms with Crippen molar-refractivity contribution < 1.29 is 9.53 Å². The standard InChI is InChI=1S/C13H11NO2S/c15-13(11-7-17-8-14-11)10-3-4-12-9(6-10)2-1-5-16-12/h3-4,6-8H,1-2,5H2. The molecule has 0 unspecified atom stereocenters. The number of thiazole rings is 1. The lowest BCUT2D eigenvalue weighted by Crippen LogP contribution is -2.10. The minimum atomic E-state index is -0.0142. The second-order valence-electron chi connectivity index (χ2n) is 3.98. The summed E-state index contributed by atoms with van der Waals surface area (Å²) in [5.74, 6) is 0.894. The van der Waals surface area contributed by atoms with Crippen LogP contribution in [0.1, 0.15) is 28.0 Å². The average molecular weight is 245 g/mol. The third-order valence-electron chi connectivity index (χ3n) is 2.84. The van der Waals surface area contributed by atoms with Crippen molar-refractivity contribution in [1.29, 1.82) is 0 Å². The predicted octanol–water partition coefficient (Wildman–Crippen LogP) is 2.70. The molecular weight excluding hydrogens is 234 g/mol. The summed E-state index contributed by atoms with van der Waals surface area (Å²) < 4.78 is 5.52. The second-order valence-corrected chi connectivity index (χ2v) is 4.70. The SMILES string of the molecule is O=C(c1ccc2c(c1)CCCO2)c1cscn1. The van der Waals surface area contributed by atoms with Gasteiger partial charge >= 0.3 is 0 Å². The van der Waals surface area contributed by atoms with Gasteiger partial charge in [0.25, 0.3) is 0 Å². The Balaban J connectivity index is 1.96. The number of hydrogen-bond donors (Lipinski definition) is 0. The van der Waals surface area contributed by atoms with E-state index in [2.05, 4.69) is 4.98 Å². The number of carbonyl (C=O) groups is 1. The van der Waals surface area contributed by atoms with E-state index in [0.29, 0.717) is 11.3 Å². The van der Waals surface area contributed by atoms with Gasteiger partial charge in [0.05, 0.1) is 12.1 Å². The topological polar surface area (TPSA) is 39.2 Å². The summed E-state index contributed by atoms with van der Waals surface area (Å²) >= 11 is 1.43. The van der Waals surface area contributed by atoms with Crippen LogP contribution in [0.25, 0.3) is 0 Å². The Morgan fingerprint density at radius 3 is 3.18 bits per heavy atom. The van der Waals surface area contributed by atoms with E-state index in [1.54, 1.807) is 10.9 Å². The van der Waals surface area contributed by atoms with E-state index in [1.165, 1.54) is 11.3 Å². The Morgan fingerprint density at radius 1 is 1.41 bits per heavy atom. The Bertz CT molecular complexity index is 549. The number of fused-ring (bicyclic) bond motifs is 1. The Hall–Kier alpha value is -1.68. The Morgan fingerprint density at radius 2 is 2.35 bits per heavy atom. The number of benzene rings is 1. The lowest BCUT2D eigenvalue weighted by Gasteiger charge is -2.17. The first-order valence-electron chi connectivity index (χ1n) is 5.53. The first-order valence-corrected chi connectivity index (χ1v) is 6.47. The number of aryl methyl sites for hydroxylation is 1. The zero-order chi connectivity index (χ0) is 11.7. The molecule has 0 radical (unpaired) electrons. The number of nitrogens with zero attached hydrogens (tertiary/aromatic N) is 1. The number of ether oxygens (including phenoxy) is 1. The fraction of sp³-hybridized carbons (Fsp3) is 0.231. The normalized spacial score (nSPS) is 13.9. The molecule has 0 bridgehead atoms. The predicted molar refractivity (Wildman–Crippen MR) is 65.8 cm³/mol. The number of ketones is 1. The van der Waals surface area contributed by atoms with E-state index in [1.807, 2.05) is 18.2 Å². The highest BCUT2D eigenvalue weighted by Gasteiger charge is 2.15. The van der Waals surface area contributed by atoms with Gasteiger partial charge < -0.3 is 4.74 Å². The molecule has 0 fully saturated rings. The third-order valence-corrected chi connectivity index (χ3v) is 3.42. The van der Waals surface area contributed by atoms with Crippen molar-refractivity contribution in [2.75, 3.05) is 6.61 Å². The molecule has 1 aromatic heterocycles. The van der Waals surface area contributed by atoms with Crippen molar-refractivity contribution in [1.82, 2.24) is 4.98 Å². The first kappa shape index (κ1) is 10.5. The van der Waals surface area contributed by atoms with Gasteiger partial charge in [-0.25, -0.2) is 4.98 Å². The van der Waals surface area contributed by atoms with Crippen molar-refractivity contribution in [2.24, 2.45) is 0 Å². The monoisotopic (exact) mass is 245 g/mol. The summed E-state index contributed by atoms with van der Waals surface area (Å²) in [5.41, 5.74) is 4.01. The maximum Gasteiger partial charge on any atom is 0.212 e. The Kier molecular flexibility index (Phi) is 2.65. The van der Waals surface area contributed by atoms with Crippen molar-refractivity contribution in [2.45, 2.75) is 12.8 Å². The van der Waals surface area contributed by atoms with Crippen molar-refractivity contribution >= 4 is 17.1 Å². The molecule has 1 aliphatic heterocycles. The fourth-order valence-corrected chi connectivity index (χ4v) is 2.51. The molecule has 0 amide bonds. The summed E-state index contributed by atoms with van der Waals surface area (Å²) in [4.78, 5) is 16.1. The van der Waals surface area contributed by atoms with Gasteiger partial charge in [0, 0.05) is 10.9 Å². The number of aromatic nitrogens is 1. The second kappa shape index (κ2) is 4.30. The molecule has 0 saturated carbocycles. The quantitative estimate of drug-likeness (QED) is 0.764. The molecule has 2 heterocycles. The summed E-state index contributed by atoms with van der Waals surface area (Å²) in [6.45, 7) is 0.770. The van der Waals surface area contributed by atoms with Crippen LogP contribution in [0.15, 0.2) is 29.1 Å². The highest BCUT2D eigenvalue weighted by atomic mass is 32.1. The molecule has 86 valence electrons. The number of rotatable bonds is 2. The highest BCUT2D eigenvalue weighted by Crippen LogP contribution is 2.26. The average Bonchev–Trinajstić information content (AvgIpc) is 2.91. The van der Waals surface area contributed by atoms with Crippen LogP contribution in [-0.2, 0) is 6.42 Å². The zero-order valence-corrected chi connectivity index (χ0v) is 10.00. The summed E-state index contributed by atoms with van der Waals surface area (Å²) in [7, 11) is 0. The summed E-state index contributed by atoms with van der Waals surface area (Å²) in [6.07, 6.45) is 1.99. The van der Waals surface area contributed by atoms with Crippen LogP contribution < -0.4 is 4.74 Å². The minimum Gasteiger partial charge on any atom is -0.493 e. The van der Waals surface area contributed by atoms with Crippen LogP contribution in [-0.4, -0.2) is 17.4 Å². The largest absolute Gasteiger partial charge is 0.493 e. The molecule has 3 nitrogen and oxygen atoms in total. The maximum atomic E-state index is 12.1. The highest BCUT2D eigenvalue weighted by molar-refractivity contribution is 7.07. The fourth-order valence-electron chi connectivity index (χ4n) is 1.97.